The summed E-state index contributed by atoms with van der Waals surface area (Å²) < 4.78 is 28.5. The summed E-state index contributed by atoms with van der Waals surface area (Å²) in [6.45, 7) is 2.30. The van der Waals surface area contributed by atoms with Crippen LogP contribution in [0.3, 0.4) is 0 Å². The van der Waals surface area contributed by atoms with Gasteiger partial charge in [0.25, 0.3) is 0 Å². The van der Waals surface area contributed by atoms with Crippen molar-refractivity contribution in [2.24, 2.45) is 0 Å². The lowest BCUT2D eigenvalue weighted by Gasteiger charge is -2.15. The van der Waals surface area contributed by atoms with E-state index in [0.29, 0.717) is 30.2 Å². The van der Waals surface area contributed by atoms with Crippen LogP contribution in [0, 0.1) is 0 Å². The van der Waals surface area contributed by atoms with Gasteiger partial charge in [-0.2, -0.15) is 0 Å². The average Bonchev–Trinajstić information content (AvgIpc) is 2.59. The van der Waals surface area contributed by atoms with Gasteiger partial charge >= 0.3 is 0 Å². The molecule has 140 valence electrons. The second-order valence-corrected chi connectivity index (χ2v) is 8.49. The van der Waals surface area contributed by atoms with Crippen molar-refractivity contribution in [2.45, 2.75) is 30.7 Å². The van der Waals surface area contributed by atoms with Crippen molar-refractivity contribution in [3.05, 3.63) is 59.1 Å². The Morgan fingerprint density at radius 3 is 2.31 bits per heavy atom. The Morgan fingerprint density at radius 2 is 1.73 bits per heavy atom. The first-order valence-electron chi connectivity index (χ1n) is 8.23. The number of ether oxygens (including phenoxy) is 1. The Balaban J connectivity index is 1.75. The molecule has 7 heteroatoms. The summed E-state index contributed by atoms with van der Waals surface area (Å²) in [5.41, 5.74) is 0.850. The highest BCUT2D eigenvalue weighted by atomic mass is 35.5. The van der Waals surface area contributed by atoms with E-state index in [0.717, 1.165) is 5.56 Å². The molecule has 2 aromatic rings. The van der Waals surface area contributed by atoms with Gasteiger partial charge in [-0.05, 0) is 55.3 Å². The third-order valence-electron chi connectivity index (χ3n) is 3.82. The van der Waals surface area contributed by atoms with Gasteiger partial charge in [-0.1, -0.05) is 23.7 Å². The van der Waals surface area contributed by atoms with E-state index >= 15 is 0 Å². The van der Waals surface area contributed by atoms with Crippen LogP contribution in [0.5, 0.6) is 5.75 Å². The summed E-state index contributed by atoms with van der Waals surface area (Å²) in [7, 11) is -3.22. The van der Waals surface area contributed by atoms with Gasteiger partial charge in [0.2, 0.25) is 5.91 Å². The second-order valence-electron chi connectivity index (χ2n) is 6.04. The van der Waals surface area contributed by atoms with E-state index in [2.05, 4.69) is 5.32 Å². The molecule has 0 fully saturated rings. The minimum Gasteiger partial charge on any atom is -0.494 e. The largest absolute Gasteiger partial charge is 0.494 e. The van der Waals surface area contributed by atoms with Crippen LogP contribution in [0.2, 0.25) is 5.02 Å². The van der Waals surface area contributed by atoms with E-state index in [1.54, 1.807) is 48.5 Å². The fourth-order valence-corrected chi connectivity index (χ4v) is 3.11. The zero-order valence-electron chi connectivity index (χ0n) is 14.7. The molecule has 1 amide bonds. The highest BCUT2D eigenvalue weighted by Gasteiger charge is 2.11. The Bertz CT molecular complexity index is 833. The molecule has 0 saturated heterocycles. The smallest absolute Gasteiger partial charge is 0.220 e. The van der Waals surface area contributed by atoms with Crippen molar-refractivity contribution in [3.63, 3.8) is 0 Å². The lowest BCUT2D eigenvalue weighted by molar-refractivity contribution is -0.121. The number of carbonyl (C=O) groups is 1. The molecule has 1 unspecified atom stereocenters. The summed E-state index contributed by atoms with van der Waals surface area (Å²) in [5.74, 6) is 0.638. The van der Waals surface area contributed by atoms with E-state index in [4.69, 9.17) is 16.3 Å². The molecule has 1 atom stereocenters. The molecule has 0 aliphatic carbocycles. The molecule has 0 aliphatic rings. The van der Waals surface area contributed by atoms with Gasteiger partial charge in [0.1, 0.15) is 5.75 Å². The van der Waals surface area contributed by atoms with Crippen molar-refractivity contribution >= 4 is 27.3 Å². The monoisotopic (exact) mass is 395 g/mol. The van der Waals surface area contributed by atoms with Crippen LogP contribution in [0.25, 0.3) is 0 Å². The van der Waals surface area contributed by atoms with Gasteiger partial charge < -0.3 is 10.1 Å². The van der Waals surface area contributed by atoms with Crippen molar-refractivity contribution < 1.29 is 17.9 Å². The van der Waals surface area contributed by atoms with Crippen LogP contribution in [0.15, 0.2) is 53.4 Å². The number of sulfone groups is 1. The van der Waals surface area contributed by atoms with Gasteiger partial charge in [0, 0.05) is 17.7 Å². The Labute approximate surface area is 159 Å². The van der Waals surface area contributed by atoms with Crippen molar-refractivity contribution in [1.29, 1.82) is 0 Å². The number of nitrogens with one attached hydrogen (secondary N) is 1. The Hall–Kier alpha value is -2.05. The van der Waals surface area contributed by atoms with Crippen molar-refractivity contribution in [3.8, 4) is 5.75 Å². The van der Waals surface area contributed by atoms with E-state index in [9.17, 15) is 13.2 Å². The maximum atomic E-state index is 12.0. The first kappa shape index (κ1) is 20.3. The third kappa shape index (κ3) is 6.35. The average molecular weight is 396 g/mol. The Kier molecular flexibility index (Phi) is 7.06. The minimum atomic E-state index is -3.22. The highest BCUT2D eigenvalue weighted by Crippen LogP contribution is 2.17. The lowest BCUT2D eigenvalue weighted by atomic mass is 10.1. The van der Waals surface area contributed by atoms with E-state index in [1.807, 2.05) is 6.92 Å². The predicted molar refractivity (Wildman–Crippen MR) is 102 cm³/mol. The van der Waals surface area contributed by atoms with Crippen molar-refractivity contribution in [2.75, 3.05) is 12.9 Å². The summed E-state index contributed by atoms with van der Waals surface area (Å²) >= 11 is 5.81. The van der Waals surface area contributed by atoms with E-state index in [1.165, 1.54) is 6.26 Å². The first-order chi connectivity index (χ1) is 12.3. The van der Waals surface area contributed by atoms with Crippen LogP contribution in [-0.2, 0) is 14.6 Å². The molecule has 0 saturated carbocycles. The Morgan fingerprint density at radius 1 is 1.12 bits per heavy atom. The first-order valence-corrected chi connectivity index (χ1v) is 10.5. The summed E-state index contributed by atoms with van der Waals surface area (Å²) in [4.78, 5) is 12.3. The lowest BCUT2D eigenvalue weighted by Crippen LogP contribution is -2.26. The van der Waals surface area contributed by atoms with Crippen LogP contribution in [-0.4, -0.2) is 27.2 Å². The molecule has 0 radical (unpaired) electrons. The number of hydrogen-bond acceptors (Lipinski definition) is 4. The maximum absolute atomic E-state index is 12.0. The van der Waals surface area contributed by atoms with Crippen LogP contribution in [0.1, 0.15) is 31.4 Å². The highest BCUT2D eigenvalue weighted by molar-refractivity contribution is 7.90. The quantitative estimate of drug-likeness (QED) is 0.690. The topological polar surface area (TPSA) is 72.5 Å². The number of amides is 1. The zero-order valence-corrected chi connectivity index (χ0v) is 16.3. The second kappa shape index (κ2) is 9.05. The minimum absolute atomic E-state index is 0.0793. The standard InChI is InChI=1S/C19H22ClNO4S/c1-14(15-5-11-18(12-6-15)26(2,23)24)21-19(22)4-3-13-25-17-9-7-16(20)8-10-17/h5-12,14H,3-4,13H2,1-2H3,(H,21,22). The summed E-state index contributed by atoms with van der Waals surface area (Å²) in [6.07, 6.45) is 2.10. The van der Waals surface area contributed by atoms with Crippen LogP contribution < -0.4 is 10.1 Å². The predicted octanol–water partition coefficient (Wildman–Crippen LogP) is 3.78. The van der Waals surface area contributed by atoms with E-state index < -0.39 is 9.84 Å². The van der Waals surface area contributed by atoms with Gasteiger partial charge in [-0.25, -0.2) is 8.42 Å². The molecule has 0 bridgehead atoms. The SMILES string of the molecule is CC(NC(=O)CCCOc1ccc(Cl)cc1)c1ccc(S(C)(=O)=O)cc1. The fourth-order valence-electron chi connectivity index (χ4n) is 2.35. The molecule has 2 aromatic carbocycles. The molecule has 2 rings (SSSR count). The molecule has 0 heterocycles. The molecule has 26 heavy (non-hydrogen) atoms. The molecule has 0 spiro atoms. The van der Waals surface area contributed by atoms with E-state index in [-0.39, 0.29) is 16.8 Å². The normalized spacial score (nSPS) is 12.4. The molecular formula is C19H22ClNO4S. The molecule has 5 nitrogen and oxygen atoms in total. The number of rotatable bonds is 8. The van der Waals surface area contributed by atoms with Gasteiger partial charge in [-0.15, -0.1) is 0 Å². The fraction of sp³-hybridized carbons (Fsp3) is 0.316. The number of hydrogen-bond donors (Lipinski definition) is 1. The van der Waals surface area contributed by atoms with Gasteiger partial charge in [0.15, 0.2) is 9.84 Å². The number of halogens is 1. The molecule has 0 aromatic heterocycles. The number of benzene rings is 2. The van der Waals surface area contributed by atoms with Gasteiger partial charge in [-0.3, -0.25) is 4.79 Å². The third-order valence-corrected chi connectivity index (χ3v) is 5.20. The summed E-state index contributed by atoms with van der Waals surface area (Å²) in [6, 6.07) is 13.4. The van der Waals surface area contributed by atoms with Crippen LogP contribution >= 0.6 is 11.6 Å². The van der Waals surface area contributed by atoms with Crippen LogP contribution in [0.4, 0.5) is 0 Å². The van der Waals surface area contributed by atoms with Gasteiger partial charge in [0.05, 0.1) is 17.5 Å². The molecule has 0 aliphatic heterocycles. The molecule has 1 N–H and O–H groups in total. The number of carbonyl (C=O) groups excluding carboxylic acids is 1. The maximum Gasteiger partial charge on any atom is 0.220 e. The summed E-state index contributed by atoms with van der Waals surface area (Å²) in [5, 5.41) is 3.55. The zero-order chi connectivity index (χ0) is 19.2. The molecular weight excluding hydrogens is 374 g/mol. The van der Waals surface area contributed by atoms with Crippen molar-refractivity contribution in [1.82, 2.24) is 5.32 Å².